The fourth-order valence-corrected chi connectivity index (χ4v) is 4.58. The number of amides is 1. The molecule has 1 amide bonds. The van der Waals surface area contributed by atoms with Crippen molar-refractivity contribution in [1.82, 2.24) is 14.5 Å². The normalized spacial score (nSPS) is 14.2. The topological polar surface area (TPSA) is 105 Å². The molecule has 0 spiro atoms. The molecule has 1 aromatic heterocycles. The molecule has 8 nitrogen and oxygen atoms in total. The third kappa shape index (κ3) is 4.24. The van der Waals surface area contributed by atoms with E-state index in [-0.39, 0.29) is 28.4 Å². The van der Waals surface area contributed by atoms with E-state index in [9.17, 15) is 13.2 Å². The molecule has 10 heteroatoms. The smallest absolute Gasteiger partial charge is 0.322 e. The molecule has 150 valence electrons. The molecule has 1 N–H and O–H groups in total. The standard InChI is InChI=1S/C19H17BrN4O4S/c1-24(15-7-8-15)29(26,27)16-9-5-12(6-10-16)17(25)21-19-23-22-18(28-19)13-3-2-4-14(20)11-13/h2-6,9-11,15H,7-8H2,1H3,(H,21,23,25). The van der Waals surface area contributed by atoms with E-state index in [1.807, 2.05) is 24.3 Å². The maximum atomic E-state index is 12.5. The summed E-state index contributed by atoms with van der Waals surface area (Å²) in [4.78, 5) is 12.6. The lowest BCUT2D eigenvalue weighted by molar-refractivity contribution is 0.102. The zero-order valence-electron chi connectivity index (χ0n) is 15.4. The fourth-order valence-electron chi connectivity index (χ4n) is 2.76. The minimum absolute atomic E-state index is 0.0462. The summed E-state index contributed by atoms with van der Waals surface area (Å²) >= 11 is 3.37. The summed E-state index contributed by atoms with van der Waals surface area (Å²) in [5, 5.41) is 10.3. The van der Waals surface area contributed by atoms with Crippen molar-refractivity contribution in [2.24, 2.45) is 0 Å². The Labute approximate surface area is 176 Å². The van der Waals surface area contributed by atoms with Crippen LogP contribution in [0, 0.1) is 0 Å². The van der Waals surface area contributed by atoms with E-state index in [0.717, 1.165) is 17.3 Å². The molecule has 3 aromatic rings. The molecule has 1 fully saturated rings. The maximum Gasteiger partial charge on any atom is 0.322 e. The Balaban J connectivity index is 1.46. The quantitative estimate of drug-likeness (QED) is 0.583. The number of aromatic nitrogens is 2. The van der Waals surface area contributed by atoms with Crippen LogP contribution in [-0.4, -0.2) is 41.9 Å². The van der Waals surface area contributed by atoms with Crippen molar-refractivity contribution in [3.63, 3.8) is 0 Å². The number of hydrogen-bond donors (Lipinski definition) is 1. The molecule has 0 radical (unpaired) electrons. The van der Waals surface area contributed by atoms with Gasteiger partial charge in [0.15, 0.2) is 0 Å². The van der Waals surface area contributed by atoms with E-state index < -0.39 is 15.9 Å². The van der Waals surface area contributed by atoms with E-state index in [2.05, 4.69) is 31.4 Å². The summed E-state index contributed by atoms with van der Waals surface area (Å²) in [6.07, 6.45) is 1.75. The van der Waals surface area contributed by atoms with E-state index >= 15 is 0 Å². The number of rotatable bonds is 6. The minimum atomic E-state index is -3.55. The van der Waals surface area contributed by atoms with Crippen LogP contribution in [0.25, 0.3) is 11.5 Å². The Morgan fingerprint density at radius 2 is 1.90 bits per heavy atom. The molecule has 29 heavy (non-hydrogen) atoms. The minimum Gasteiger partial charge on any atom is -0.403 e. The fraction of sp³-hybridized carbons (Fsp3) is 0.211. The van der Waals surface area contributed by atoms with Gasteiger partial charge in [-0.05, 0) is 55.3 Å². The molecule has 0 bridgehead atoms. The predicted octanol–water partition coefficient (Wildman–Crippen LogP) is 3.53. The number of halogens is 1. The van der Waals surface area contributed by atoms with Crippen LogP contribution in [-0.2, 0) is 10.0 Å². The summed E-state index contributed by atoms with van der Waals surface area (Å²) in [6.45, 7) is 0. The van der Waals surface area contributed by atoms with Crippen molar-refractivity contribution in [2.75, 3.05) is 12.4 Å². The number of carbonyl (C=O) groups excluding carboxylic acids is 1. The maximum absolute atomic E-state index is 12.5. The second kappa shape index (κ2) is 7.69. The molecular weight excluding hydrogens is 460 g/mol. The van der Waals surface area contributed by atoms with Gasteiger partial charge in [-0.1, -0.05) is 27.1 Å². The van der Waals surface area contributed by atoms with Gasteiger partial charge in [0.2, 0.25) is 15.9 Å². The monoisotopic (exact) mass is 476 g/mol. The van der Waals surface area contributed by atoms with Gasteiger partial charge in [-0.3, -0.25) is 10.1 Å². The van der Waals surface area contributed by atoms with Gasteiger partial charge in [-0.25, -0.2) is 8.42 Å². The summed E-state index contributed by atoms with van der Waals surface area (Å²) < 4.78 is 32.8. The van der Waals surface area contributed by atoms with Crippen LogP contribution in [0.15, 0.2) is 62.3 Å². The second-order valence-electron chi connectivity index (χ2n) is 6.65. The SMILES string of the molecule is CN(C1CC1)S(=O)(=O)c1ccc(C(=O)Nc2nnc(-c3cccc(Br)c3)o2)cc1. The van der Waals surface area contributed by atoms with Gasteiger partial charge in [0.25, 0.3) is 5.91 Å². The highest BCUT2D eigenvalue weighted by Gasteiger charge is 2.35. The number of carbonyl (C=O) groups is 1. The van der Waals surface area contributed by atoms with Crippen LogP contribution >= 0.6 is 15.9 Å². The largest absolute Gasteiger partial charge is 0.403 e. The number of nitrogens with one attached hydrogen (secondary N) is 1. The summed E-state index contributed by atoms with van der Waals surface area (Å²) in [5.74, 6) is -0.208. The summed E-state index contributed by atoms with van der Waals surface area (Å²) in [6, 6.07) is 13.1. The van der Waals surface area contributed by atoms with Gasteiger partial charge in [-0.15, -0.1) is 5.10 Å². The van der Waals surface area contributed by atoms with Crippen molar-refractivity contribution in [3.8, 4) is 11.5 Å². The molecule has 1 saturated carbocycles. The van der Waals surface area contributed by atoms with Crippen LogP contribution in [0.1, 0.15) is 23.2 Å². The molecular formula is C19H17BrN4O4S. The molecule has 0 atom stereocenters. The number of hydrogen-bond acceptors (Lipinski definition) is 6. The lowest BCUT2D eigenvalue weighted by Gasteiger charge is -2.16. The third-order valence-electron chi connectivity index (χ3n) is 4.57. The molecule has 4 rings (SSSR count). The Morgan fingerprint density at radius 3 is 2.55 bits per heavy atom. The van der Waals surface area contributed by atoms with Gasteiger partial charge in [0, 0.05) is 28.7 Å². The van der Waals surface area contributed by atoms with Gasteiger partial charge < -0.3 is 4.42 Å². The van der Waals surface area contributed by atoms with Gasteiger partial charge in [-0.2, -0.15) is 4.31 Å². The van der Waals surface area contributed by atoms with E-state index in [0.29, 0.717) is 5.56 Å². The Kier molecular flexibility index (Phi) is 5.24. The number of nitrogens with zero attached hydrogens (tertiary/aromatic N) is 3. The molecule has 2 aromatic carbocycles. The Bertz CT molecular complexity index is 1160. The van der Waals surface area contributed by atoms with Crippen LogP contribution in [0.2, 0.25) is 0 Å². The Hall–Kier alpha value is -2.56. The van der Waals surface area contributed by atoms with Crippen LogP contribution in [0.4, 0.5) is 6.01 Å². The highest BCUT2D eigenvalue weighted by molar-refractivity contribution is 9.10. The van der Waals surface area contributed by atoms with Gasteiger partial charge in [0.05, 0.1) is 4.90 Å². The zero-order valence-corrected chi connectivity index (χ0v) is 17.8. The van der Waals surface area contributed by atoms with Crippen LogP contribution in [0.3, 0.4) is 0 Å². The molecule has 0 aliphatic heterocycles. The first-order chi connectivity index (χ1) is 13.8. The first-order valence-corrected chi connectivity index (χ1v) is 11.1. The van der Waals surface area contributed by atoms with Crippen molar-refractivity contribution < 1.29 is 17.6 Å². The van der Waals surface area contributed by atoms with E-state index in [1.165, 1.54) is 28.6 Å². The summed E-state index contributed by atoms with van der Waals surface area (Å²) in [7, 11) is -1.98. The molecule has 1 aliphatic rings. The van der Waals surface area contributed by atoms with Crippen molar-refractivity contribution in [1.29, 1.82) is 0 Å². The predicted molar refractivity (Wildman–Crippen MR) is 110 cm³/mol. The van der Waals surface area contributed by atoms with Crippen molar-refractivity contribution in [2.45, 2.75) is 23.8 Å². The second-order valence-corrected chi connectivity index (χ2v) is 9.57. The van der Waals surface area contributed by atoms with E-state index in [1.54, 1.807) is 7.05 Å². The number of sulfonamides is 1. The molecule has 0 unspecified atom stereocenters. The zero-order chi connectivity index (χ0) is 20.6. The van der Waals surface area contributed by atoms with Gasteiger partial charge >= 0.3 is 6.01 Å². The highest BCUT2D eigenvalue weighted by atomic mass is 79.9. The lowest BCUT2D eigenvalue weighted by atomic mass is 10.2. The number of benzene rings is 2. The molecule has 0 saturated heterocycles. The van der Waals surface area contributed by atoms with Crippen LogP contribution in [0.5, 0.6) is 0 Å². The third-order valence-corrected chi connectivity index (χ3v) is 6.99. The van der Waals surface area contributed by atoms with Crippen molar-refractivity contribution >= 4 is 37.9 Å². The molecule has 1 aliphatic carbocycles. The highest BCUT2D eigenvalue weighted by Crippen LogP contribution is 2.30. The Morgan fingerprint density at radius 1 is 1.17 bits per heavy atom. The van der Waals surface area contributed by atoms with E-state index in [4.69, 9.17) is 4.42 Å². The molecule has 1 heterocycles. The number of anilines is 1. The summed E-state index contributed by atoms with van der Waals surface area (Å²) in [5.41, 5.74) is 0.988. The lowest BCUT2D eigenvalue weighted by Crippen LogP contribution is -2.29. The first kappa shape index (κ1) is 19.7. The van der Waals surface area contributed by atoms with Crippen LogP contribution < -0.4 is 5.32 Å². The average Bonchev–Trinajstić information content (AvgIpc) is 3.46. The first-order valence-electron chi connectivity index (χ1n) is 8.83. The average molecular weight is 477 g/mol. The van der Waals surface area contributed by atoms with Crippen molar-refractivity contribution in [3.05, 3.63) is 58.6 Å². The van der Waals surface area contributed by atoms with Gasteiger partial charge in [0.1, 0.15) is 0 Å².